The topological polar surface area (TPSA) is 73.2 Å². The lowest BCUT2D eigenvalue weighted by atomic mass is 10.1. The zero-order chi connectivity index (χ0) is 22.6. The van der Waals surface area contributed by atoms with Crippen molar-refractivity contribution in [1.29, 1.82) is 0 Å². The molecule has 1 N–H and O–H groups in total. The van der Waals surface area contributed by atoms with Gasteiger partial charge in [0.05, 0.1) is 28.6 Å². The molecule has 0 saturated carbocycles. The second kappa shape index (κ2) is 9.54. The first-order valence-electron chi connectivity index (χ1n) is 10.7. The van der Waals surface area contributed by atoms with Crippen LogP contribution in [0.5, 0.6) is 5.75 Å². The van der Waals surface area contributed by atoms with Crippen LogP contribution in [0.3, 0.4) is 0 Å². The molecular formula is C25H27N3O3S. The fourth-order valence-corrected chi connectivity index (χ4v) is 4.59. The Balaban J connectivity index is 1.53. The summed E-state index contributed by atoms with van der Waals surface area (Å²) in [4.78, 5) is 4.88. The van der Waals surface area contributed by atoms with Gasteiger partial charge in [-0.05, 0) is 62.2 Å². The van der Waals surface area contributed by atoms with Gasteiger partial charge in [-0.2, -0.15) is 0 Å². The number of benzene rings is 3. The molecule has 0 fully saturated rings. The second-order valence-corrected chi connectivity index (χ2v) is 9.63. The third-order valence-corrected chi connectivity index (χ3v) is 6.54. The van der Waals surface area contributed by atoms with Crippen molar-refractivity contribution in [3.63, 3.8) is 0 Å². The standard InChI is InChI=1S/C25H27N3O3S/c1-19(2)31-21-12-14-22(15-13-21)32(29,30)26-18-25-27-23-10-6-7-11-24(23)28(25)17-16-20-8-4-3-5-9-20/h3-15,19,26H,16-18H2,1-2H3. The van der Waals surface area contributed by atoms with Gasteiger partial charge in [0.2, 0.25) is 10.0 Å². The van der Waals surface area contributed by atoms with Crippen LogP contribution in [0.2, 0.25) is 0 Å². The molecule has 0 saturated heterocycles. The second-order valence-electron chi connectivity index (χ2n) is 7.87. The van der Waals surface area contributed by atoms with Gasteiger partial charge in [0.1, 0.15) is 11.6 Å². The summed E-state index contributed by atoms with van der Waals surface area (Å²) in [6.07, 6.45) is 0.859. The van der Waals surface area contributed by atoms with Gasteiger partial charge >= 0.3 is 0 Å². The van der Waals surface area contributed by atoms with Crippen LogP contribution in [0.4, 0.5) is 0 Å². The molecule has 166 valence electrons. The van der Waals surface area contributed by atoms with Gasteiger partial charge in [-0.3, -0.25) is 0 Å². The first-order chi connectivity index (χ1) is 15.4. The number of hydrogen-bond acceptors (Lipinski definition) is 4. The first-order valence-corrected chi connectivity index (χ1v) is 12.1. The van der Waals surface area contributed by atoms with Crippen molar-refractivity contribution in [2.75, 3.05) is 0 Å². The van der Waals surface area contributed by atoms with E-state index in [1.165, 1.54) is 5.56 Å². The summed E-state index contributed by atoms with van der Waals surface area (Å²) >= 11 is 0. The normalized spacial score (nSPS) is 11.8. The number of sulfonamides is 1. The van der Waals surface area contributed by atoms with E-state index in [4.69, 9.17) is 4.74 Å². The molecule has 32 heavy (non-hydrogen) atoms. The fourth-order valence-electron chi connectivity index (χ4n) is 3.61. The van der Waals surface area contributed by atoms with E-state index in [0.29, 0.717) is 18.1 Å². The minimum absolute atomic E-state index is 0.0273. The van der Waals surface area contributed by atoms with Crippen LogP contribution >= 0.6 is 0 Å². The molecule has 4 aromatic rings. The highest BCUT2D eigenvalue weighted by Gasteiger charge is 2.17. The first kappa shape index (κ1) is 22.0. The van der Waals surface area contributed by atoms with E-state index in [-0.39, 0.29) is 17.5 Å². The van der Waals surface area contributed by atoms with Crippen LogP contribution < -0.4 is 9.46 Å². The number of nitrogens with one attached hydrogen (secondary N) is 1. The Hall–Kier alpha value is -3.16. The highest BCUT2D eigenvalue weighted by Crippen LogP contribution is 2.20. The zero-order valence-corrected chi connectivity index (χ0v) is 19.0. The van der Waals surface area contributed by atoms with E-state index < -0.39 is 10.0 Å². The van der Waals surface area contributed by atoms with E-state index in [0.717, 1.165) is 17.5 Å². The molecule has 3 aromatic carbocycles. The molecule has 1 aromatic heterocycles. The summed E-state index contributed by atoms with van der Waals surface area (Å²) in [6.45, 7) is 4.67. The van der Waals surface area contributed by atoms with Gasteiger partial charge in [0.25, 0.3) is 0 Å². The molecule has 0 aliphatic carbocycles. The van der Waals surface area contributed by atoms with Crippen LogP contribution in [0.25, 0.3) is 11.0 Å². The molecule has 0 aliphatic rings. The van der Waals surface area contributed by atoms with Crippen LogP contribution in [0.15, 0.2) is 83.8 Å². The molecular weight excluding hydrogens is 422 g/mol. The van der Waals surface area contributed by atoms with Crippen LogP contribution in [-0.4, -0.2) is 24.1 Å². The van der Waals surface area contributed by atoms with Crippen molar-refractivity contribution < 1.29 is 13.2 Å². The Labute approximate surface area is 188 Å². The van der Waals surface area contributed by atoms with E-state index in [1.807, 2.05) is 56.3 Å². The highest BCUT2D eigenvalue weighted by molar-refractivity contribution is 7.89. The number of aryl methyl sites for hydroxylation is 2. The minimum Gasteiger partial charge on any atom is -0.491 e. The predicted octanol–water partition coefficient (Wildman–Crippen LogP) is 4.54. The van der Waals surface area contributed by atoms with Gasteiger partial charge < -0.3 is 9.30 Å². The van der Waals surface area contributed by atoms with Crippen molar-refractivity contribution in [2.24, 2.45) is 0 Å². The summed E-state index contributed by atoms with van der Waals surface area (Å²) in [5.41, 5.74) is 3.07. The maximum absolute atomic E-state index is 12.9. The Morgan fingerprint density at radius 2 is 1.62 bits per heavy atom. The van der Waals surface area contributed by atoms with E-state index in [2.05, 4.69) is 26.4 Å². The average molecular weight is 450 g/mol. The number of aromatic nitrogens is 2. The lowest BCUT2D eigenvalue weighted by Gasteiger charge is -2.12. The molecule has 0 atom stereocenters. The molecule has 0 spiro atoms. The highest BCUT2D eigenvalue weighted by atomic mass is 32.2. The maximum atomic E-state index is 12.9. The van der Waals surface area contributed by atoms with Crippen molar-refractivity contribution in [2.45, 2.75) is 44.4 Å². The van der Waals surface area contributed by atoms with Crippen molar-refractivity contribution >= 4 is 21.1 Å². The molecule has 4 rings (SSSR count). The number of rotatable bonds is 9. The molecule has 0 unspecified atom stereocenters. The maximum Gasteiger partial charge on any atom is 0.240 e. The number of nitrogens with zero attached hydrogens (tertiary/aromatic N) is 2. The monoisotopic (exact) mass is 449 g/mol. The third-order valence-electron chi connectivity index (χ3n) is 5.13. The van der Waals surface area contributed by atoms with Crippen molar-refractivity contribution in [3.05, 3.63) is 90.3 Å². The predicted molar refractivity (Wildman–Crippen MR) is 126 cm³/mol. The number of imidazole rings is 1. The molecule has 0 aliphatic heterocycles. The lowest BCUT2D eigenvalue weighted by molar-refractivity contribution is 0.242. The van der Waals surface area contributed by atoms with E-state index in [1.54, 1.807) is 24.3 Å². The molecule has 0 radical (unpaired) electrons. The third kappa shape index (κ3) is 5.18. The Morgan fingerprint density at radius 1 is 0.938 bits per heavy atom. The van der Waals surface area contributed by atoms with E-state index >= 15 is 0 Å². The number of hydrogen-bond donors (Lipinski definition) is 1. The van der Waals surface area contributed by atoms with Gasteiger partial charge in [-0.25, -0.2) is 18.1 Å². The summed E-state index contributed by atoms with van der Waals surface area (Å²) in [5, 5.41) is 0. The van der Waals surface area contributed by atoms with Crippen molar-refractivity contribution in [1.82, 2.24) is 14.3 Å². The van der Waals surface area contributed by atoms with Crippen molar-refractivity contribution in [3.8, 4) is 5.75 Å². The molecule has 0 amide bonds. The Morgan fingerprint density at radius 3 is 2.34 bits per heavy atom. The fraction of sp³-hybridized carbons (Fsp3) is 0.240. The van der Waals surface area contributed by atoms with E-state index in [9.17, 15) is 8.42 Å². The number of ether oxygens (including phenoxy) is 1. The molecule has 0 bridgehead atoms. The molecule has 1 heterocycles. The largest absolute Gasteiger partial charge is 0.491 e. The SMILES string of the molecule is CC(C)Oc1ccc(S(=O)(=O)NCc2nc3ccccc3n2CCc2ccccc2)cc1. The van der Waals surface area contributed by atoms with Crippen LogP contribution in [-0.2, 0) is 29.5 Å². The summed E-state index contributed by atoms with van der Waals surface area (Å²) in [6, 6.07) is 24.5. The van der Waals surface area contributed by atoms with Gasteiger partial charge in [-0.15, -0.1) is 0 Å². The summed E-state index contributed by atoms with van der Waals surface area (Å²) < 4.78 is 36.1. The van der Waals surface area contributed by atoms with Gasteiger partial charge in [0.15, 0.2) is 0 Å². The molecule has 6 nitrogen and oxygen atoms in total. The zero-order valence-electron chi connectivity index (χ0n) is 18.2. The number of fused-ring (bicyclic) bond motifs is 1. The van der Waals surface area contributed by atoms with Gasteiger partial charge in [-0.1, -0.05) is 42.5 Å². The van der Waals surface area contributed by atoms with Crippen LogP contribution in [0.1, 0.15) is 25.2 Å². The Kier molecular flexibility index (Phi) is 6.58. The Bertz CT molecular complexity index is 1280. The molecule has 7 heteroatoms. The smallest absolute Gasteiger partial charge is 0.240 e. The summed E-state index contributed by atoms with van der Waals surface area (Å²) in [7, 11) is -3.68. The van der Waals surface area contributed by atoms with Crippen LogP contribution in [0, 0.1) is 0 Å². The van der Waals surface area contributed by atoms with Gasteiger partial charge in [0, 0.05) is 6.54 Å². The number of para-hydroxylation sites is 2. The average Bonchev–Trinajstić information content (AvgIpc) is 3.14. The minimum atomic E-state index is -3.68. The summed E-state index contributed by atoms with van der Waals surface area (Å²) in [5.74, 6) is 1.33. The quantitative estimate of drug-likeness (QED) is 0.407. The lowest BCUT2D eigenvalue weighted by Crippen LogP contribution is -2.25.